The fourth-order valence-electron chi connectivity index (χ4n) is 6.68. The molecule has 0 aromatic carbocycles. The van der Waals surface area contributed by atoms with Crippen LogP contribution in [0.2, 0.25) is 0 Å². The van der Waals surface area contributed by atoms with Gasteiger partial charge in [-0.25, -0.2) is 0 Å². The summed E-state index contributed by atoms with van der Waals surface area (Å²) in [5.41, 5.74) is 0. The van der Waals surface area contributed by atoms with Crippen LogP contribution in [0.15, 0.2) is 36.5 Å². The summed E-state index contributed by atoms with van der Waals surface area (Å²) in [6.45, 7) is 3.82. The highest BCUT2D eigenvalue weighted by Crippen LogP contribution is 2.16. The van der Waals surface area contributed by atoms with Gasteiger partial charge in [-0.1, -0.05) is 191 Å². The van der Waals surface area contributed by atoms with E-state index in [1.807, 2.05) is 6.92 Å². The number of hydrogen-bond acceptors (Lipinski definition) is 5. The molecule has 0 aromatic heterocycles. The molecule has 0 aliphatic heterocycles. The van der Waals surface area contributed by atoms with Crippen molar-refractivity contribution in [1.29, 1.82) is 0 Å². The van der Waals surface area contributed by atoms with E-state index in [0.29, 0.717) is 19.3 Å². The maximum Gasteiger partial charge on any atom is 0.249 e. The molecule has 0 saturated heterocycles. The number of carbonyl (C=O) groups excluding carboxylic acids is 1. The van der Waals surface area contributed by atoms with Crippen LogP contribution in [0.4, 0.5) is 0 Å². The summed E-state index contributed by atoms with van der Waals surface area (Å²) in [5, 5.41) is 43.5. The van der Waals surface area contributed by atoms with E-state index < -0.39 is 36.9 Å². The van der Waals surface area contributed by atoms with E-state index in [1.165, 1.54) is 128 Å². The molecule has 4 unspecified atom stereocenters. The molecule has 6 nitrogen and oxygen atoms in total. The van der Waals surface area contributed by atoms with Crippen LogP contribution >= 0.6 is 0 Å². The SMILES string of the molecule is C/C=C/CC/C=C/CC/C=C/CCCC(O)C(O)C(CO)NC(=O)C(O)CCCCCCCCCCCCCCCCCCCCCCCCC. The number of rotatable bonds is 39. The molecule has 5 N–H and O–H groups in total. The van der Waals surface area contributed by atoms with Crippen molar-refractivity contribution in [3.05, 3.63) is 36.5 Å². The number of nitrogens with one attached hydrogen (secondary N) is 1. The molecule has 300 valence electrons. The third-order valence-electron chi connectivity index (χ3n) is 10.2. The van der Waals surface area contributed by atoms with Gasteiger partial charge in [-0.15, -0.1) is 0 Å². The van der Waals surface area contributed by atoms with Gasteiger partial charge in [-0.3, -0.25) is 4.79 Å². The fourth-order valence-corrected chi connectivity index (χ4v) is 6.68. The van der Waals surface area contributed by atoms with Gasteiger partial charge in [0, 0.05) is 0 Å². The first-order valence-electron chi connectivity index (χ1n) is 21.8. The number of aliphatic hydroxyl groups is 4. The zero-order chi connectivity index (χ0) is 37.5. The highest BCUT2D eigenvalue weighted by Gasteiger charge is 2.28. The Kier molecular flexibility index (Phi) is 38.6. The number of allylic oxidation sites excluding steroid dienone is 6. The van der Waals surface area contributed by atoms with Crippen molar-refractivity contribution in [3.8, 4) is 0 Å². The number of carbonyl (C=O) groups is 1. The van der Waals surface area contributed by atoms with Crippen LogP contribution in [-0.2, 0) is 4.79 Å². The molecule has 1 amide bonds. The number of hydrogen-bond donors (Lipinski definition) is 5. The molecule has 6 heteroatoms. The van der Waals surface area contributed by atoms with Gasteiger partial charge >= 0.3 is 0 Å². The van der Waals surface area contributed by atoms with E-state index in [4.69, 9.17) is 0 Å². The minimum atomic E-state index is -1.29. The molecular weight excluding hydrogens is 634 g/mol. The Balaban J connectivity index is 3.70. The largest absolute Gasteiger partial charge is 0.394 e. The fraction of sp³-hybridized carbons (Fsp3) is 0.844. The standard InChI is InChI=1S/C45H85NO5/c1-3-5-7-9-11-13-15-17-18-19-20-21-22-23-24-25-26-27-29-31-33-35-37-39-43(49)45(51)46-41(40-47)44(50)42(48)38-36-34-32-30-28-16-14-12-10-8-6-4-2/h4,6,12,14,30,32,41-44,47-50H,3,5,7-11,13,15-29,31,33-40H2,1-2H3,(H,46,51)/b6-4+,14-12+,32-30+. The van der Waals surface area contributed by atoms with Gasteiger partial charge in [-0.05, 0) is 58.3 Å². The molecule has 0 spiro atoms. The van der Waals surface area contributed by atoms with Crippen molar-refractivity contribution in [2.75, 3.05) is 6.61 Å². The molecule has 0 rings (SSSR count). The minimum absolute atomic E-state index is 0.361. The molecular formula is C45H85NO5. The first kappa shape index (κ1) is 49.5. The minimum Gasteiger partial charge on any atom is -0.394 e. The van der Waals surface area contributed by atoms with Crippen LogP contribution in [-0.4, -0.2) is 57.3 Å². The summed E-state index contributed by atoms with van der Waals surface area (Å²) < 4.78 is 0. The quantitative estimate of drug-likeness (QED) is 0.0321. The predicted octanol–water partition coefficient (Wildman–Crippen LogP) is 11.3. The van der Waals surface area contributed by atoms with Gasteiger partial charge in [0.15, 0.2) is 0 Å². The second kappa shape index (κ2) is 39.7. The molecule has 0 aliphatic carbocycles. The first-order valence-corrected chi connectivity index (χ1v) is 21.8. The van der Waals surface area contributed by atoms with Crippen molar-refractivity contribution >= 4 is 5.91 Å². The maximum atomic E-state index is 12.5. The Hall–Kier alpha value is -1.47. The van der Waals surface area contributed by atoms with Gasteiger partial charge in [0.05, 0.1) is 18.8 Å². The second-order valence-corrected chi connectivity index (χ2v) is 15.0. The molecule has 0 radical (unpaired) electrons. The average Bonchev–Trinajstić information content (AvgIpc) is 3.13. The first-order chi connectivity index (χ1) is 25.0. The third kappa shape index (κ3) is 34.1. The van der Waals surface area contributed by atoms with Gasteiger partial charge in [0.2, 0.25) is 5.91 Å². The second-order valence-electron chi connectivity index (χ2n) is 15.0. The lowest BCUT2D eigenvalue weighted by molar-refractivity contribution is -0.132. The van der Waals surface area contributed by atoms with E-state index in [0.717, 1.165) is 51.4 Å². The maximum absolute atomic E-state index is 12.5. The van der Waals surface area contributed by atoms with Gasteiger partial charge in [-0.2, -0.15) is 0 Å². The number of unbranched alkanes of at least 4 members (excludes halogenated alkanes) is 25. The van der Waals surface area contributed by atoms with Crippen molar-refractivity contribution < 1.29 is 25.2 Å². The van der Waals surface area contributed by atoms with Gasteiger partial charge in [0.25, 0.3) is 0 Å². The summed E-state index contributed by atoms with van der Waals surface area (Å²) in [7, 11) is 0. The molecule has 0 heterocycles. The number of amides is 1. The van der Waals surface area contributed by atoms with E-state index in [1.54, 1.807) is 0 Å². The predicted molar refractivity (Wildman–Crippen MR) is 219 cm³/mol. The summed E-state index contributed by atoms with van der Waals surface area (Å²) in [4.78, 5) is 12.5. The van der Waals surface area contributed by atoms with E-state index >= 15 is 0 Å². The Morgan fingerprint density at radius 3 is 1.27 bits per heavy atom. The summed E-state index contributed by atoms with van der Waals surface area (Å²) >= 11 is 0. The molecule has 0 aliphatic rings. The summed E-state index contributed by atoms with van der Waals surface area (Å²) in [6.07, 6.45) is 46.3. The smallest absolute Gasteiger partial charge is 0.249 e. The third-order valence-corrected chi connectivity index (χ3v) is 10.2. The van der Waals surface area contributed by atoms with Gasteiger partial charge in [0.1, 0.15) is 12.2 Å². The van der Waals surface area contributed by atoms with Crippen LogP contribution < -0.4 is 5.32 Å². The van der Waals surface area contributed by atoms with Crippen LogP contribution in [0.1, 0.15) is 213 Å². The summed E-state index contributed by atoms with van der Waals surface area (Å²) in [5.74, 6) is -0.599. The van der Waals surface area contributed by atoms with E-state index in [-0.39, 0.29) is 0 Å². The zero-order valence-electron chi connectivity index (χ0n) is 33.6. The van der Waals surface area contributed by atoms with Crippen LogP contribution in [0.25, 0.3) is 0 Å². The van der Waals surface area contributed by atoms with Gasteiger partial charge < -0.3 is 25.7 Å². The number of aliphatic hydroxyl groups excluding tert-OH is 4. The van der Waals surface area contributed by atoms with Crippen molar-refractivity contribution in [2.45, 2.75) is 237 Å². The molecule has 4 atom stereocenters. The average molecular weight is 720 g/mol. The Morgan fingerprint density at radius 2 is 0.882 bits per heavy atom. The van der Waals surface area contributed by atoms with Crippen LogP contribution in [0, 0.1) is 0 Å². The molecule has 51 heavy (non-hydrogen) atoms. The van der Waals surface area contributed by atoms with Crippen LogP contribution in [0.3, 0.4) is 0 Å². The molecule has 0 fully saturated rings. The van der Waals surface area contributed by atoms with Crippen LogP contribution in [0.5, 0.6) is 0 Å². The van der Waals surface area contributed by atoms with Crippen molar-refractivity contribution in [1.82, 2.24) is 5.32 Å². The topological polar surface area (TPSA) is 110 Å². The summed E-state index contributed by atoms with van der Waals surface area (Å²) in [6, 6.07) is -1.01. The molecule has 0 aromatic rings. The molecule has 0 saturated carbocycles. The molecule has 0 bridgehead atoms. The highest BCUT2D eigenvalue weighted by molar-refractivity contribution is 5.80. The highest BCUT2D eigenvalue weighted by atomic mass is 16.3. The van der Waals surface area contributed by atoms with Crippen molar-refractivity contribution in [2.24, 2.45) is 0 Å². The van der Waals surface area contributed by atoms with E-state index in [2.05, 4.69) is 48.7 Å². The Labute approximate surface area is 316 Å². The lowest BCUT2D eigenvalue weighted by Gasteiger charge is -2.27. The zero-order valence-corrected chi connectivity index (χ0v) is 33.6. The monoisotopic (exact) mass is 720 g/mol. The van der Waals surface area contributed by atoms with E-state index in [9.17, 15) is 25.2 Å². The lowest BCUT2D eigenvalue weighted by atomic mass is 10.00. The van der Waals surface area contributed by atoms with Crippen molar-refractivity contribution in [3.63, 3.8) is 0 Å². The normalized spacial score (nSPS) is 14.5. The Morgan fingerprint density at radius 1 is 0.510 bits per heavy atom. The Bertz CT molecular complexity index is 812. The lowest BCUT2D eigenvalue weighted by Crippen LogP contribution is -2.53.